The number of hydrogen-bond donors (Lipinski definition) is 2. The van der Waals surface area contributed by atoms with Crippen LogP contribution in [0.2, 0.25) is 0 Å². The first kappa shape index (κ1) is 12.2. The van der Waals surface area contributed by atoms with Gasteiger partial charge in [-0.25, -0.2) is 0 Å². The Kier molecular flexibility index (Phi) is 3.40. The van der Waals surface area contributed by atoms with Gasteiger partial charge < -0.3 is 10.4 Å². The fraction of sp³-hybridized carbons (Fsp3) is 0.625. The summed E-state index contributed by atoms with van der Waals surface area (Å²) in [4.78, 5) is 0. The number of aliphatic hydroxyl groups is 1. The lowest BCUT2D eigenvalue weighted by Crippen LogP contribution is -2.96. The molecule has 2 aliphatic rings. The van der Waals surface area contributed by atoms with Crippen molar-refractivity contribution < 1.29 is 10.4 Å². The van der Waals surface area contributed by atoms with Crippen molar-refractivity contribution in [2.24, 2.45) is 5.92 Å². The highest BCUT2D eigenvalue weighted by Crippen LogP contribution is 2.39. The molecule has 2 nitrogen and oxygen atoms in total. The van der Waals surface area contributed by atoms with Gasteiger partial charge in [0.2, 0.25) is 0 Å². The van der Waals surface area contributed by atoms with Gasteiger partial charge in [0.15, 0.2) is 0 Å². The zero-order chi connectivity index (χ0) is 12.4. The van der Waals surface area contributed by atoms with E-state index in [4.69, 9.17) is 0 Å². The molecule has 1 saturated heterocycles. The predicted molar refractivity (Wildman–Crippen MR) is 72.3 cm³/mol. The molecule has 0 unspecified atom stereocenters. The predicted octanol–water partition coefficient (Wildman–Crippen LogP) is 1.49. The van der Waals surface area contributed by atoms with E-state index < -0.39 is 0 Å². The van der Waals surface area contributed by atoms with Gasteiger partial charge in [0.1, 0.15) is 0 Å². The van der Waals surface area contributed by atoms with Gasteiger partial charge in [-0.1, -0.05) is 43.2 Å². The number of fused-ring (bicyclic) bond motifs is 1. The maximum atomic E-state index is 10.8. The molecule has 3 atom stereocenters. The molecular formula is C16H24NO+. The Balaban J connectivity index is 1.75. The Morgan fingerprint density at radius 2 is 2.00 bits per heavy atom. The van der Waals surface area contributed by atoms with E-state index in [1.807, 2.05) is 0 Å². The Bertz CT molecular complexity index is 387. The molecule has 1 saturated carbocycles. The maximum Gasteiger partial charge on any atom is 0.0956 e. The molecule has 0 amide bonds. The molecule has 98 valence electrons. The lowest BCUT2D eigenvalue weighted by molar-refractivity contribution is -0.712. The molecule has 0 radical (unpaired) electrons. The number of nitrogens with two attached hydrogens (primary N) is 1. The number of piperidine rings is 1. The van der Waals surface area contributed by atoms with E-state index in [9.17, 15) is 5.11 Å². The van der Waals surface area contributed by atoms with Crippen LogP contribution in [0.1, 0.15) is 37.7 Å². The minimum atomic E-state index is -0.355. The van der Waals surface area contributed by atoms with Crippen LogP contribution in [-0.2, 0) is 6.42 Å². The van der Waals surface area contributed by atoms with Crippen LogP contribution in [0.5, 0.6) is 0 Å². The van der Waals surface area contributed by atoms with E-state index in [2.05, 4.69) is 35.6 Å². The minimum Gasteiger partial charge on any atom is -0.389 e. The van der Waals surface area contributed by atoms with Crippen molar-refractivity contribution in [3.63, 3.8) is 0 Å². The molecule has 0 bridgehead atoms. The molecule has 0 aromatic heterocycles. The average Bonchev–Trinajstić information content (AvgIpc) is 2.39. The first-order valence-electron chi connectivity index (χ1n) is 7.38. The summed E-state index contributed by atoms with van der Waals surface area (Å²) in [5.41, 5.74) is 1.06. The monoisotopic (exact) mass is 246 g/mol. The molecule has 0 spiro atoms. The van der Waals surface area contributed by atoms with Crippen LogP contribution in [0.3, 0.4) is 0 Å². The van der Waals surface area contributed by atoms with E-state index in [-0.39, 0.29) is 5.60 Å². The summed E-state index contributed by atoms with van der Waals surface area (Å²) in [5, 5.41) is 13.3. The molecular weight excluding hydrogens is 222 g/mol. The highest BCUT2D eigenvalue weighted by atomic mass is 16.3. The largest absolute Gasteiger partial charge is 0.389 e. The van der Waals surface area contributed by atoms with Crippen molar-refractivity contribution in [1.82, 2.24) is 0 Å². The Morgan fingerprint density at radius 1 is 1.17 bits per heavy atom. The lowest BCUT2D eigenvalue weighted by atomic mass is 9.67. The minimum absolute atomic E-state index is 0.355. The third-order valence-corrected chi connectivity index (χ3v) is 4.94. The van der Waals surface area contributed by atoms with Gasteiger partial charge in [0.05, 0.1) is 18.2 Å². The Labute approximate surface area is 109 Å². The van der Waals surface area contributed by atoms with Gasteiger partial charge in [0, 0.05) is 18.8 Å². The summed E-state index contributed by atoms with van der Waals surface area (Å²) in [5.74, 6) is 0.500. The molecule has 1 aromatic carbocycles. The molecule has 3 N–H and O–H groups in total. The van der Waals surface area contributed by atoms with E-state index in [1.165, 1.54) is 24.8 Å². The van der Waals surface area contributed by atoms with E-state index in [0.29, 0.717) is 12.0 Å². The van der Waals surface area contributed by atoms with Crippen LogP contribution in [0.15, 0.2) is 30.3 Å². The fourth-order valence-corrected chi connectivity index (χ4v) is 4.00. The topological polar surface area (TPSA) is 36.8 Å². The van der Waals surface area contributed by atoms with Gasteiger partial charge >= 0.3 is 0 Å². The summed E-state index contributed by atoms with van der Waals surface area (Å²) in [6, 6.07) is 11.3. The van der Waals surface area contributed by atoms with Crippen molar-refractivity contribution in [3.05, 3.63) is 35.9 Å². The molecule has 18 heavy (non-hydrogen) atoms. The normalized spacial score (nSPS) is 36.1. The second-order valence-electron chi connectivity index (χ2n) is 6.08. The van der Waals surface area contributed by atoms with Gasteiger partial charge in [0.25, 0.3) is 0 Å². The third-order valence-electron chi connectivity index (χ3n) is 4.94. The zero-order valence-electron chi connectivity index (χ0n) is 11.0. The summed E-state index contributed by atoms with van der Waals surface area (Å²) >= 11 is 0. The number of rotatable bonds is 2. The van der Waals surface area contributed by atoms with Crippen molar-refractivity contribution >= 4 is 0 Å². The van der Waals surface area contributed by atoms with E-state index in [0.717, 1.165) is 25.8 Å². The summed E-state index contributed by atoms with van der Waals surface area (Å²) in [7, 11) is 0. The standard InChI is InChI=1S/C16H23NO/c18-16-9-5-4-8-14(16)15(17-11-10-16)12-13-6-2-1-3-7-13/h1-3,6-7,14-15,17-18H,4-5,8-12H2/p+1/t14-,15-,16-/m0/s1. The summed E-state index contributed by atoms with van der Waals surface area (Å²) < 4.78 is 0. The lowest BCUT2D eigenvalue weighted by Gasteiger charge is -2.46. The highest BCUT2D eigenvalue weighted by molar-refractivity contribution is 5.16. The molecule has 2 heteroatoms. The Morgan fingerprint density at radius 3 is 2.83 bits per heavy atom. The van der Waals surface area contributed by atoms with Crippen LogP contribution in [0.4, 0.5) is 0 Å². The molecule has 1 heterocycles. The van der Waals surface area contributed by atoms with E-state index >= 15 is 0 Å². The van der Waals surface area contributed by atoms with Crippen molar-refractivity contribution in [1.29, 1.82) is 0 Å². The SMILES string of the molecule is O[C@]12CCCC[C@H]1[C@H](Cc1ccccc1)[NH2+]CC2. The van der Waals surface area contributed by atoms with E-state index in [1.54, 1.807) is 0 Å². The highest BCUT2D eigenvalue weighted by Gasteiger charge is 2.47. The van der Waals surface area contributed by atoms with Crippen molar-refractivity contribution in [2.45, 2.75) is 50.2 Å². The van der Waals surface area contributed by atoms with Gasteiger partial charge in [-0.15, -0.1) is 0 Å². The number of benzene rings is 1. The summed E-state index contributed by atoms with van der Waals surface area (Å²) in [6.45, 7) is 1.09. The number of hydrogen-bond acceptors (Lipinski definition) is 1. The molecule has 1 aromatic rings. The molecule has 2 fully saturated rings. The smallest absolute Gasteiger partial charge is 0.0956 e. The first-order valence-corrected chi connectivity index (χ1v) is 7.38. The van der Waals surface area contributed by atoms with Crippen molar-refractivity contribution in [3.8, 4) is 0 Å². The van der Waals surface area contributed by atoms with Gasteiger partial charge in [-0.05, 0) is 18.4 Å². The second-order valence-corrected chi connectivity index (χ2v) is 6.08. The Hall–Kier alpha value is -0.860. The van der Waals surface area contributed by atoms with Crippen LogP contribution in [-0.4, -0.2) is 23.3 Å². The van der Waals surface area contributed by atoms with Gasteiger partial charge in [-0.3, -0.25) is 0 Å². The fourth-order valence-electron chi connectivity index (χ4n) is 4.00. The zero-order valence-corrected chi connectivity index (χ0v) is 11.0. The number of quaternary nitrogens is 1. The quantitative estimate of drug-likeness (QED) is 0.815. The van der Waals surface area contributed by atoms with Crippen LogP contribution >= 0.6 is 0 Å². The first-order chi connectivity index (χ1) is 8.78. The maximum absolute atomic E-state index is 10.8. The average molecular weight is 246 g/mol. The van der Waals surface area contributed by atoms with Gasteiger partial charge in [-0.2, -0.15) is 0 Å². The summed E-state index contributed by atoms with van der Waals surface area (Å²) in [6.07, 6.45) is 6.84. The van der Waals surface area contributed by atoms with Crippen LogP contribution in [0.25, 0.3) is 0 Å². The second kappa shape index (κ2) is 5.02. The van der Waals surface area contributed by atoms with Crippen LogP contribution < -0.4 is 5.32 Å². The van der Waals surface area contributed by atoms with Crippen LogP contribution in [0, 0.1) is 5.92 Å². The van der Waals surface area contributed by atoms with Crippen molar-refractivity contribution in [2.75, 3.05) is 6.54 Å². The molecule has 3 rings (SSSR count). The third kappa shape index (κ3) is 2.32. The molecule has 1 aliphatic heterocycles. The molecule has 1 aliphatic carbocycles.